The Morgan fingerprint density at radius 3 is 2.94 bits per heavy atom. The van der Waals surface area contributed by atoms with Crippen molar-refractivity contribution in [1.82, 2.24) is 25.0 Å². The van der Waals surface area contributed by atoms with Crippen LogP contribution in [0.5, 0.6) is 0 Å². The zero-order valence-corrected chi connectivity index (χ0v) is 11.1. The number of nitrogens with zero attached hydrogens (tertiary/aromatic N) is 5. The molecular weight excluding hydrogens is 276 g/mol. The van der Waals surface area contributed by atoms with Gasteiger partial charge in [-0.1, -0.05) is 5.21 Å². The average molecular weight is 286 g/mol. The van der Waals surface area contributed by atoms with Gasteiger partial charge in [-0.25, -0.2) is 4.71 Å². The highest BCUT2D eigenvalue weighted by Crippen LogP contribution is 2.39. The van der Waals surface area contributed by atoms with Gasteiger partial charge in [0.1, 0.15) is 11.4 Å². The van der Waals surface area contributed by atoms with Crippen molar-refractivity contribution in [2.75, 3.05) is 11.6 Å². The zero-order valence-electron chi connectivity index (χ0n) is 9.54. The molecule has 2 atom stereocenters. The zero-order chi connectivity index (χ0) is 12.9. The minimum absolute atomic E-state index is 0.0712. The summed E-state index contributed by atoms with van der Waals surface area (Å²) in [7, 11) is 1.65. The van der Waals surface area contributed by atoms with E-state index < -0.39 is 11.2 Å². The summed E-state index contributed by atoms with van der Waals surface area (Å²) in [5.41, 5.74) is 1.31. The molecule has 3 heterocycles. The Hall–Kier alpha value is -1.06. The van der Waals surface area contributed by atoms with Crippen LogP contribution < -0.4 is 0 Å². The van der Waals surface area contributed by atoms with Crippen molar-refractivity contribution in [3.63, 3.8) is 0 Å². The number of tetrazole rings is 1. The third-order valence-corrected chi connectivity index (χ3v) is 4.92. The molecule has 7 nitrogen and oxygen atoms in total. The molecule has 0 aromatic carbocycles. The number of hydrogen-bond donors (Lipinski definition) is 0. The summed E-state index contributed by atoms with van der Waals surface area (Å²) in [6, 6.07) is 0. The second-order valence-electron chi connectivity index (χ2n) is 4.14. The molecular formula is C8H9BClN5O2S. The summed E-state index contributed by atoms with van der Waals surface area (Å²) in [5, 5.41) is 11.5. The number of fused-ring (bicyclic) bond motifs is 1. The van der Waals surface area contributed by atoms with E-state index >= 15 is 0 Å². The van der Waals surface area contributed by atoms with Gasteiger partial charge >= 0.3 is 0 Å². The molecule has 10 heteroatoms. The fourth-order valence-electron chi connectivity index (χ4n) is 2.12. The SMILES string of the molecule is Bn1nnc(C2=C(CCl)C[S+]([O-])[C@@H]3CC(=O)N23)n1. The van der Waals surface area contributed by atoms with Crippen molar-refractivity contribution >= 4 is 42.4 Å². The van der Waals surface area contributed by atoms with E-state index in [2.05, 4.69) is 15.4 Å². The van der Waals surface area contributed by atoms with Crippen LogP contribution >= 0.6 is 11.6 Å². The number of carbonyl (C=O) groups is 1. The smallest absolute Gasteiger partial charge is 0.278 e. The number of alkyl halides is 1. The van der Waals surface area contributed by atoms with Gasteiger partial charge in [0.05, 0.1) is 12.3 Å². The predicted molar refractivity (Wildman–Crippen MR) is 67.7 cm³/mol. The molecule has 1 fully saturated rings. The van der Waals surface area contributed by atoms with E-state index in [4.69, 9.17) is 11.6 Å². The summed E-state index contributed by atoms with van der Waals surface area (Å²) in [6.07, 6.45) is 0.311. The van der Waals surface area contributed by atoms with Crippen LogP contribution in [0.15, 0.2) is 5.57 Å². The summed E-state index contributed by atoms with van der Waals surface area (Å²) in [5.74, 6) is 0.863. The first-order valence-corrected chi connectivity index (χ1v) is 7.25. The Bertz CT molecular complexity index is 549. The Kier molecular flexibility index (Phi) is 2.83. The van der Waals surface area contributed by atoms with E-state index in [0.717, 1.165) is 5.57 Å². The number of amides is 1. The van der Waals surface area contributed by atoms with Gasteiger partial charge in [-0.3, -0.25) is 9.69 Å². The molecule has 1 saturated heterocycles. The Labute approximate surface area is 112 Å². The number of β-lactam (4-membered cyclic amide) rings is 1. The maximum Gasteiger partial charge on any atom is 0.278 e. The molecule has 1 aromatic rings. The molecule has 18 heavy (non-hydrogen) atoms. The lowest BCUT2D eigenvalue weighted by Gasteiger charge is -2.44. The monoisotopic (exact) mass is 285 g/mol. The van der Waals surface area contributed by atoms with Gasteiger partial charge in [0.2, 0.25) is 17.1 Å². The van der Waals surface area contributed by atoms with Crippen LogP contribution in [0.4, 0.5) is 0 Å². The first-order chi connectivity index (χ1) is 8.61. The van der Waals surface area contributed by atoms with Crippen molar-refractivity contribution in [2.45, 2.75) is 11.8 Å². The molecule has 0 N–H and O–H groups in total. The molecule has 0 saturated carbocycles. The van der Waals surface area contributed by atoms with Gasteiger partial charge < -0.3 is 4.55 Å². The highest BCUT2D eigenvalue weighted by molar-refractivity contribution is 7.92. The summed E-state index contributed by atoms with van der Waals surface area (Å²) < 4.78 is 13.2. The van der Waals surface area contributed by atoms with Crippen LogP contribution in [0, 0.1) is 0 Å². The lowest BCUT2D eigenvalue weighted by Crippen LogP contribution is -2.58. The van der Waals surface area contributed by atoms with Crippen LogP contribution in [0.25, 0.3) is 5.70 Å². The summed E-state index contributed by atoms with van der Waals surface area (Å²) in [6.45, 7) is 0. The van der Waals surface area contributed by atoms with E-state index in [1.807, 2.05) is 0 Å². The Balaban J connectivity index is 2.09. The Morgan fingerprint density at radius 2 is 2.39 bits per heavy atom. The van der Waals surface area contributed by atoms with Crippen molar-refractivity contribution in [2.24, 2.45) is 0 Å². The van der Waals surface area contributed by atoms with Crippen molar-refractivity contribution in [3.8, 4) is 0 Å². The molecule has 2 aliphatic heterocycles. The van der Waals surface area contributed by atoms with Crippen molar-refractivity contribution in [3.05, 3.63) is 11.4 Å². The Morgan fingerprint density at radius 1 is 1.61 bits per heavy atom. The first-order valence-electron chi connectivity index (χ1n) is 5.33. The van der Waals surface area contributed by atoms with E-state index in [1.54, 1.807) is 7.98 Å². The molecule has 3 rings (SSSR count). The second kappa shape index (κ2) is 4.25. The van der Waals surface area contributed by atoms with E-state index in [0.29, 0.717) is 23.7 Å². The normalized spacial score (nSPS) is 27.2. The highest BCUT2D eigenvalue weighted by Gasteiger charge is 2.51. The van der Waals surface area contributed by atoms with Crippen LogP contribution in [0.2, 0.25) is 0 Å². The lowest BCUT2D eigenvalue weighted by molar-refractivity contribution is -0.137. The molecule has 0 bridgehead atoms. The minimum atomic E-state index is -1.09. The summed E-state index contributed by atoms with van der Waals surface area (Å²) in [4.78, 5) is 13.2. The second-order valence-corrected chi connectivity index (χ2v) is 6.00. The molecule has 0 spiro atoms. The van der Waals surface area contributed by atoms with Gasteiger partial charge in [0.15, 0.2) is 0 Å². The van der Waals surface area contributed by atoms with Crippen molar-refractivity contribution in [1.29, 1.82) is 0 Å². The number of halogens is 1. The highest BCUT2D eigenvalue weighted by atomic mass is 35.5. The third kappa shape index (κ3) is 1.65. The quantitative estimate of drug-likeness (QED) is 0.281. The lowest BCUT2D eigenvalue weighted by atomic mass is 10.1. The molecule has 0 radical (unpaired) electrons. The standard InChI is InChI=1S/C8H9BClN5O2S/c9-15-12-8(11-13-15)7-4(2-10)3-18(17)6-1-5(16)14(6)7/h6H,1-3,9H2/t6-,18?/m1/s1. The molecule has 2 aliphatic rings. The topological polar surface area (TPSA) is 87.0 Å². The number of carbonyl (C=O) groups excluding carboxylic acids is 1. The van der Waals surface area contributed by atoms with Gasteiger partial charge in [-0.15, -0.1) is 21.8 Å². The molecule has 1 unspecified atom stereocenters. The first kappa shape index (κ1) is 12.0. The third-order valence-electron chi connectivity index (χ3n) is 2.98. The van der Waals surface area contributed by atoms with Crippen LogP contribution in [0.3, 0.4) is 0 Å². The van der Waals surface area contributed by atoms with Gasteiger partial charge in [0, 0.05) is 5.57 Å². The van der Waals surface area contributed by atoms with Gasteiger partial charge in [0.25, 0.3) is 7.98 Å². The van der Waals surface area contributed by atoms with Crippen LogP contribution in [0.1, 0.15) is 12.2 Å². The summed E-state index contributed by atoms with van der Waals surface area (Å²) >= 11 is 4.78. The molecule has 1 amide bonds. The van der Waals surface area contributed by atoms with Gasteiger partial charge in [-0.2, -0.15) is 0 Å². The fraction of sp³-hybridized carbons (Fsp3) is 0.500. The molecule has 1 aromatic heterocycles. The van der Waals surface area contributed by atoms with E-state index in [9.17, 15) is 9.35 Å². The maximum atomic E-state index is 11.9. The molecule has 94 valence electrons. The predicted octanol–water partition coefficient (Wildman–Crippen LogP) is -1.66. The number of aromatic nitrogens is 4. The minimum Gasteiger partial charge on any atom is -0.614 e. The van der Waals surface area contributed by atoms with E-state index in [1.165, 1.54) is 9.61 Å². The van der Waals surface area contributed by atoms with Gasteiger partial charge in [-0.05, 0) is 11.2 Å². The number of rotatable bonds is 2. The van der Waals surface area contributed by atoms with Crippen LogP contribution in [-0.4, -0.2) is 60.5 Å². The number of hydrogen-bond acceptors (Lipinski definition) is 5. The van der Waals surface area contributed by atoms with Crippen LogP contribution in [-0.2, 0) is 16.0 Å². The largest absolute Gasteiger partial charge is 0.614 e. The average Bonchev–Trinajstić information content (AvgIpc) is 2.75. The van der Waals surface area contributed by atoms with Crippen molar-refractivity contribution < 1.29 is 9.35 Å². The fourth-order valence-corrected chi connectivity index (χ4v) is 4.01. The maximum absolute atomic E-state index is 11.9. The van der Waals surface area contributed by atoms with E-state index in [-0.39, 0.29) is 17.2 Å². The molecule has 0 aliphatic carbocycles.